The van der Waals surface area contributed by atoms with Crippen LogP contribution in [-0.4, -0.2) is 18.1 Å². The Hall–Kier alpha value is -2.73. The largest absolute Gasteiger partial charge is 0.442 e. The van der Waals surface area contributed by atoms with Gasteiger partial charge < -0.3 is 4.12 Å². The van der Waals surface area contributed by atoms with Crippen LogP contribution in [0.2, 0.25) is 0 Å². The quantitative estimate of drug-likeness (QED) is 0.0476. The second kappa shape index (κ2) is 28.0. The summed E-state index contributed by atoms with van der Waals surface area (Å²) in [5.41, 5.74) is 12.5. The van der Waals surface area contributed by atoms with Gasteiger partial charge in [-0.25, -0.2) is 0 Å². The third kappa shape index (κ3) is 15.3. The first-order valence-corrected chi connectivity index (χ1v) is 27.7. The van der Waals surface area contributed by atoms with Crippen LogP contribution in [0.4, 0.5) is 0 Å². The van der Waals surface area contributed by atoms with Gasteiger partial charge in [0.25, 0.3) is 18.1 Å². The molecule has 0 unspecified atom stereocenters. The van der Waals surface area contributed by atoms with E-state index in [0.717, 1.165) is 25.7 Å². The van der Waals surface area contributed by atoms with Crippen molar-refractivity contribution in [3.63, 3.8) is 0 Å². The van der Waals surface area contributed by atoms with Gasteiger partial charge in [-0.3, -0.25) is 0 Å². The molecule has 0 amide bonds. The van der Waals surface area contributed by atoms with Crippen molar-refractivity contribution in [3.05, 3.63) is 117 Å². The predicted molar refractivity (Wildman–Crippen MR) is 266 cm³/mol. The minimum Gasteiger partial charge on any atom is -0.442 e. The second-order valence-electron chi connectivity index (χ2n) is 17.5. The fourth-order valence-electron chi connectivity index (χ4n) is 8.58. The van der Waals surface area contributed by atoms with E-state index in [-0.39, 0.29) is 0 Å². The van der Waals surface area contributed by atoms with Crippen molar-refractivity contribution < 1.29 is 4.12 Å². The predicted octanol–water partition coefficient (Wildman–Crippen LogP) is 13.4. The average molecular weight is 829 g/mol. The van der Waals surface area contributed by atoms with E-state index in [2.05, 4.69) is 128 Å². The van der Waals surface area contributed by atoms with Gasteiger partial charge in [0, 0.05) is 0 Å². The molecule has 0 atom stereocenters. The topological polar surface area (TPSA) is 9.23 Å². The summed E-state index contributed by atoms with van der Waals surface area (Å²) < 4.78 is 8.12. The molecular formula is C56H84OSi2. The van der Waals surface area contributed by atoms with Gasteiger partial charge in [0.2, 0.25) is 0 Å². The molecule has 4 aromatic carbocycles. The highest BCUT2D eigenvalue weighted by atomic mass is 28.4. The van der Waals surface area contributed by atoms with Gasteiger partial charge in [0.05, 0.1) is 0 Å². The van der Waals surface area contributed by atoms with Gasteiger partial charge in [0.15, 0.2) is 0 Å². The van der Waals surface area contributed by atoms with Crippen molar-refractivity contribution in [3.8, 4) is 0 Å². The molecular weight excluding hydrogens is 745 g/mol. The Morgan fingerprint density at radius 3 is 0.644 bits per heavy atom. The van der Waals surface area contributed by atoms with Crippen LogP contribution in [0.1, 0.15) is 203 Å². The van der Waals surface area contributed by atoms with Crippen molar-refractivity contribution in [2.24, 2.45) is 0 Å². The summed E-state index contributed by atoms with van der Waals surface area (Å²) in [7, 11) is -3.24. The smallest absolute Gasteiger partial charge is 0.272 e. The SMILES string of the molecule is CCCCc1ccc([Si](O[Si](c2ccc(CCCC)c(CCCC)c2)c2ccc(CCCC)c(CCCC)c2)c2ccc(CCCC)c(CCCC)c2)cc1CCCC. The molecule has 0 aromatic heterocycles. The first-order chi connectivity index (χ1) is 28.9. The molecule has 0 N–H and O–H groups in total. The lowest BCUT2D eigenvalue weighted by molar-refractivity contribution is 0.632. The molecule has 59 heavy (non-hydrogen) atoms. The van der Waals surface area contributed by atoms with Gasteiger partial charge in [-0.05, 0) is 168 Å². The first kappa shape index (κ1) is 48.9. The molecule has 0 aliphatic carbocycles. The van der Waals surface area contributed by atoms with Crippen molar-refractivity contribution in [1.29, 1.82) is 0 Å². The van der Waals surface area contributed by atoms with Crippen molar-refractivity contribution >= 4 is 38.8 Å². The zero-order chi connectivity index (χ0) is 42.2. The Bertz CT molecular complexity index is 1520. The number of hydrogen-bond acceptors (Lipinski definition) is 1. The Morgan fingerprint density at radius 2 is 0.458 bits per heavy atom. The van der Waals surface area contributed by atoms with Crippen LogP contribution in [0.25, 0.3) is 0 Å². The molecule has 0 fully saturated rings. The number of benzene rings is 4. The normalized spacial score (nSPS) is 11.7. The fraction of sp³-hybridized carbons (Fsp3) is 0.571. The maximum atomic E-state index is 8.12. The van der Waals surface area contributed by atoms with E-state index in [4.69, 9.17) is 4.12 Å². The molecule has 0 saturated carbocycles. The fourth-order valence-corrected chi connectivity index (χ4v) is 14.1. The van der Waals surface area contributed by atoms with Crippen LogP contribution in [0.15, 0.2) is 72.8 Å². The molecule has 4 aromatic rings. The molecule has 0 heterocycles. The van der Waals surface area contributed by atoms with Crippen molar-refractivity contribution in [2.75, 3.05) is 0 Å². The van der Waals surface area contributed by atoms with E-state index >= 15 is 0 Å². The van der Waals surface area contributed by atoms with Crippen molar-refractivity contribution in [2.45, 2.75) is 209 Å². The molecule has 322 valence electrons. The Kier molecular flexibility index (Phi) is 23.2. The molecule has 1 nitrogen and oxygen atoms in total. The highest BCUT2D eigenvalue weighted by Crippen LogP contribution is 2.21. The summed E-state index contributed by atoms with van der Waals surface area (Å²) in [5, 5.41) is 5.73. The average Bonchev–Trinajstić information content (AvgIpc) is 3.27. The summed E-state index contributed by atoms with van der Waals surface area (Å²) in [4.78, 5) is 0. The van der Waals surface area contributed by atoms with Crippen molar-refractivity contribution in [1.82, 2.24) is 0 Å². The molecule has 0 saturated heterocycles. The van der Waals surface area contributed by atoms with E-state index in [9.17, 15) is 0 Å². The molecule has 0 bridgehead atoms. The van der Waals surface area contributed by atoms with E-state index < -0.39 is 18.1 Å². The summed E-state index contributed by atoms with van der Waals surface area (Å²) in [6.45, 7) is 18.7. The van der Waals surface area contributed by atoms with Crippen LogP contribution in [0.3, 0.4) is 0 Å². The lowest BCUT2D eigenvalue weighted by Gasteiger charge is -2.27. The van der Waals surface area contributed by atoms with Crippen LogP contribution < -0.4 is 20.7 Å². The monoisotopic (exact) mass is 829 g/mol. The molecule has 3 heteroatoms. The second-order valence-corrected chi connectivity index (χ2v) is 22.0. The molecule has 0 aliphatic rings. The number of hydrogen-bond donors (Lipinski definition) is 0. The molecule has 4 rings (SSSR count). The summed E-state index contributed by atoms with van der Waals surface area (Å²) >= 11 is 0. The summed E-state index contributed by atoms with van der Waals surface area (Å²) in [5.74, 6) is 0. The lowest BCUT2D eigenvalue weighted by Crippen LogP contribution is -2.56. The molecule has 2 radical (unpaired) electrons. The van der Waals surface area contributed by atoms with Gasteiger partial charge in [-0.1, -0.05) is 180 Å². The van der Waals surface area contributed by atoms with E-state index in [1.807, 2.05) is 0 Å². The third-order valence-electron chi connectivity index (χ3n) is 12.5. The highest BCUT2D eigenvalue weighted by molar-refractivity contribution is 6.91. The zero-order valence-corrected chi connectivity index (χ0v) is 41.3. The first-order valence-electron chi connectivity index (χ1n) is 24.8. The van der Waals surface area contributed by atoms with Crippen LogP contribution in [-0.2, 0) is 55.5 Å². The Balaban J connectivity index is 1.99. The van der Waals surface area contributed by atoms with Crippen LogP contribution in [0.5, 0.6) is 0 Å². The van der Waals surface area contributed by atoms with E-state index in [1.54, 1.807) is 44.5 Å². The van der Waals surface area contributed by atoms with Gasteiger partial charge in [-0.2, -0.15) is 0 Å². The maximum absolute atomic E-state index is 8.12. The minimum atomic E-state index is -1.62. The van der Waals surface area contributed by atoms with Gasteiger partial charge >= 0.3 is 0 Å². The van der Waals surface area contributed by atoms with E-state index in [1.165, 1.54) is 149 Å². The zero-order valence-electron chi connectivity index (χ0n) is 39.3. The maximum Gasteiger partial charge on any atom is 0.272 e. The Labute approximate surface area is 368 Å². The van der Waals surface area contributed by atoms with E-state index in [0.29, 0.717) is 0 Å². The molecule has 0 aliphatic heterocycles. The minimum absolute atomic E-state index is 1.16. The van der Waals surface area contributed by atoms with Crippen LogP contribution in [0, 0.1) is 0 Å². The highest BCUT2D eigenvalue weighted by Gasteiger charge is 2.30. The molecule has 0 spiro atoms. The Morgan fingerprint density at radius 1 is 0.271 bits per heavy atom. The van der Waals surface area contributed by atoms with Gasteiger partial charge in [-0.15, -0.1) is 0 Å². The van der Waals surface area contributed by atoms with Crippen LogP contribution >= 0.6 is 0 Å². The summed E-state index contributed by atoms with van der Waals surface area (Å²) in [6, 6.07) is 30.4. The summed E-state index contributed by atoms with van der Waals surface area (Å²) in [6.07, 6.45) is 29.2. The lowest BCUT2D eigenvalue weighted by atomic mass is 9.98. The number of aryl methyl sites for hydroxylation is 8. The third-order valence-corrected chi connectivity index (χ3v) is 17.4. The number of unbranched alkanes of at least 4 members (excludes halogenated alkanes) is 8. The number of rotatable bonds is 30. The van der Waals surface area contributed by atoms with Gasteiger partial charge in [0.1, 0.15) is 0 Å². The standard InChI is InChI=1S/C56H84OSi2/c1-9-17-25-45-33-37-53(41-49(45)29-21-13-5)58(54-38-34-46(26-18-10-2)50(42-54)30-22-14-6)57-59(55-39-35-47(27-19-11-3)51(43-55)31-23-15-7)56-40-36-48(28-20-12-4)52(44-56)32-24-16-8/h33-44H,9-32H2,1-8H3.